The summed E-state index contributed by atoms with van der Waals surface area (Å²) >= 11 is 0. The Labute approximate surface area is 164 Å². The average molecular weight is 409 g/mol. The topological polar surface area (TPSA) is 199 Å². The zero-order valence-corrected chi connectivity index (χ0v) is 15.1. The van der Waals surface area contributed by atoms with Gasteiger partial charge in [0.15, 0.2) is 5.03 Å². The molecule has 0 saturated carbocycles. The highest BCUT2D eigenvalue weighted by atomic mass is 16.7. The van der Waals surface area contributed by atoms with Crippen LogP contribution in [-0.2, 0) is 14.4 Å². The van der Waals surface area contributed by atoms with E-state index in [9.17, 15) is 39.7 Å². The van der Waals surface area contributed by atoms with Crippen molar-refractivity contribution in [2.75, 3.05) is 11.6 Å². The number of nitro groups is 2. The zero-order valence-electron chi connectivity index (χ0n) is 15.1. The molecule has 0 aliphatic carbocycles. The van der Waals surface area contributed by atoms with Gasteiger partial charge in [0.25, 0.3) is 11.8 Å². The predicted octanol–water partition coefficient (Wildman–Crippen LogP) is 0.0703. The minimum Gasteiger partial charge on any atom is -0.474 e. The number of nitrogens with two attached hydrogens (primary N) is 1. The monoisotopic (exact) mass is 409 g/mol. The molecule has 1 aromatic carbocycles. The fourth-order valence-corrected chi connectivity index (χ4v) is 2.43. The Kier molecular flexibility index (Phi) is 8.36. The van der Waals surface area contributed by atoms with Gasteiger partial charge in [-0.1, -0.05) is 18.2 Å². The van der Waals surface area contributed by atoms with Crippen LogP contribution in [0.25, 0.3) is 0 Å². The van der Waals surface area contributed by atoms with Crippen LogP contribution in [0.15, 0.2) is 42.5 Å². The normalized spacial score (nSPS) is 14.2. The number of benzene rings is 1. The molecule has 13 heteroatoms. The molecule has 0 radical (unpaired) electrons. The van der Waals surface area contributed by atoms with Gasteiger partial charge in [-0.15, -0.1) is 0 Å². The average Bonchev–Trinajstić information content (AvgIpc) is 3.04. The van der Waals surface area contributed by atoms with Gasteiger partial charge in [0, 0.05) is 12.2 Å². The number of anilines is 1. The molecule has 1 aliphatic heterocycles. The van der Waals surface area contributed by atoms with E-state index in [1.54, 1.807) is 6.07 Å². The predicted molar refractivity (Wildman–Crippen MR) is 98.5 cm³/mol. The van der Waals surface area contributed by atoms with Crippen LogP contribution in [0.3, 0.4) is 0 Å². The summed E-state index contributed by atoms with van der Waals surface area (Å²) in [6.07, 6.45) is 2.25. The van der Waals surface area contributed by atoms with Crippen molar-refractivity contribution in [1.82, 2.24) is 5.32 Å². The third-order valence-electron chi connectivity index (χ3n) is 3.77. The first kappa shape index (κ1) is 23.2. The Morgan fingerprint density at radius 1 is 1.10 bits per heavy atom. The Bertz CT molecular complexity index is 781. The zero-order chi connectivity index (χ0) is 22.0. The fraction of sp³-hybridized carbons (Fsp3) is 0.312. The summed E-state index contributed by atoms with van der Waals surface area (Å²) in [6.45, 7) is 0.206. The van der Waals surface area contributed by atoms with E-state index >= 15 is 0 Å². The van der Waals surface area contributed by atoms with Crippen LogP contribution in [0.4, 0.5) is 5.69 Å². The Morgan fingerprint density at radius 2 is 1.66 bits per heavy atom. The number of hydrogen-bond acceptors (Lipinski definition) is 8. The van der Waals surface area contributed by atoms with E-state index in [1.165, 1.54) is 36.4 Å². The second-order valence-corrected chi connectivity index (χ2v) is 5.70. The molecule has 0 spiro atoms. The summed E-state index contributed by atoms with van der Waals surface area (Å²) in [5, 5.41) is 33.1. The van der Waals surface area contributed by atoms with E-state index in [4.69, 9.17) is 5.73 Å². The Balaban J connectivity index is 0.000000502. The third-order valence-corrected chi connectivity index (χ3v) is 3.77. The summed E-state index contributed by atoms with van der Waals surface area (Å²) in [5.74, 6) is -2.55. The number of carbonyl (C=O) groups is 3. The summed E-state index contributed by atoms with van der Waals surface area (Å²) in [4.78, 5) is 53.2. The number of hydrogen-bond donors (Lipinski definition) is 3. The van der Waals surface area contributed by atoms with E-state index < -0.39 is 28.0 Å². The van der Waals surface area contributed by atoms with Crippen LogP contribution >= 0.6 is 0 Å². The Morgan fingerprint density at radius 3 is 2.00 bits per heavy atom. The summed E-state index contributed by atoms with van der Waals surface area (Å²) < 4.78 is 0. The van der Waals surface area contributed by atoms with Crippen molar-refractivity contribution in [2.45, 2.75) is 24.9 Å². The van der Waals surface area contributed by atoms with Gasteiger partial charge in [0.2, 0.25) is 0 Å². The van der Waals surface area contributed by atoms with Gasteiger partial charge in [0.05, 0.1) is 11.3 Å². The molecule has 4 N–H and O–H groups in total. The van der Waals surface area contributed by atoms with Gasteiger partial charge < -0.3 is 10.8 Å². The van der Waals surface area contributed by atoms with Crippen LogP contribution in [0.5, 0.6) is 0 Å². The molecule has 29 heavy (non-hydrogen) atoms. The molecule has 0 saturated heterocycles. The number of para-hydroxylation sites is 1. The maximum atomic E-state index is 11.6. The largest absolute Gasteiger partial charge is 0.474 e. The van der Waals surface area contributed by atoms with Crippen molar-refractivity contribution >= 4 is 23.5 Å². The highest BCUT2D eigenvalue weighted by Gasteiger charge is 2.63. The van der Waals surface area contributed by atoms with Crippen LogP contribution in [-0.4, -0.2) is 45.1 Å². The smallest absolute Gasteiger partial charge is 0.444 e. The van der Waals surface area contributed by atoms with Crippen LogP contribution in [0.2, 0.25) is 0 Å². The van der Waals surface area contributed by atoms with E-state index in [0.29, 0.717) is 6.42 Å². The molecular formula is C16H19N5O8. The molecule has 1 aromatic rings. The molecule has 1 aliphatic rings. The molecule has 0 fully saturated rings. The molecule has 1 atom stereocenters. The Hall–Kier alpha value is -3.87. The number of nitrogens with one attached hydrogen (secondary N) is 1. The van der Waals surface area contributed by atoms with Gasteiger partial charge in [-0.2, -0.15) is 0 Å². The quantitative estimate of drug-likeness (QED) is 0.165. The molecule has 1 heterocycles. The number of carboxylic acids is 1. The highest BCUT2D eigenvalue weighted by molar-refractivity contribution is 6.12. The highest BCUT2D eigenvalue weighted by Crippen LogP contribution is 2.30. The first-order valence-electron chi connectivity index (χ1n) is 8.27. The van der Waals surface area contributed by atoms with Crippen LogP contribution in [0.1, 0.15) is 19.3 Å². The first-order chi connectivity index (χ1) is 13.7. The van der Waals surface area contributed by atoms with E-state index in [-0.39, 0.29) is 35.5 Å². The number of carbonyl (C=O) groups excluding carboxylic acids is 2. The van der Waals surface area contributed by atoms with Crippen molar-refractivity contribution < 1.29 is 29.4 Å². The van der Waals surface area contributed by atoms with Crippen molar-refractivity contribution in [3.05, 3.63) is 62.7 Å². The molecule has 0 unspecified atom stereocenters. The minimum absolute atomic E-state index is 0.0704. The van der Waals surface area contributed by atoms with E-state index in [0.717, 1.165) is 0 Å². The summed E-state index contributed by atoms with van der Waals surface area (Å²) in [6, 6.07) is 6.90. The van der Waals surface area contributed by atoms with Gasteiger partial charge >= 0.3 is 11.6 Å². The second-order valence-electron chi connectivity index (χ2n) is 5.70. The SMILES string of the molecule is NCCCC[C@@](C(=O)O)(N(c1ccccc1)[N+](=O)[O-])[N+](=O)[O-].O=C1C=CC(=O)N1. The number of hydrazine groups is 1. The van der Waals surface area contributed by atoms with E-state index in [2.05, 4.69) is 0 Å². The minimum atomic E-state index is -2.89. The molecule has 0 bridgehead atoms. The van der Waals surface area contributed by atoms with E-state index in [1.807, 2.05) is 5.32 Å². The second kappa shape index (κ2) is 10.5. The molecule has 13 nitrogen and oxygen atoms in total. The number of imide groups is 1. The molecule has 2 amide bonds. The molecule has 2 rings (SSSR count). The number of amides is 2. The lowest BCUT2D eigenvalue weighted by Crippen LogP contribution is -2.62. The van der Waals surface area contributed by atoms with Gasteiger partial charge in [-0.05, 0) is 36.5 Å². The first-order valence-corrected chi connectivity index (χ1v) is 8.27. The summed E-state index contributed by atoms with van der Waals surface area (Å²) in [5.41, 5.74) is 2.22. The number of nitrogens with zero attached hydrogens (tertiary/aromatic N) is 3. The van der Waals surface area contributed by atoms with Crippen LogP contribution in [0, 0.1) is 20.2 Å². The van der Waals surface area contributed by atoms with Gasteiger partial charge in [-0.25, -0.2) is 14.9 Å². The van der Waals surface area contributed by atoms with Gasteiger partial charge in [-0.3, -0.25) is 25.0 Å². The van der Waals surface area contributed by atoms with Gasteiger partial charge in [0.1, 0.15) is 5.69 Å². The van der Waals surface area contributed by atoms with Crippen LogP contribution < -0.4 is 16.1 Å². The number of aliphatic carboxylic acids is 1. The maximum absolute atomic E-state index is 11.6. The fourth-order valence-electron chi connectivity index (χ4n) is 2.43. The number of unbranched alkanes of at least 4 members (excludes halogenated alkanes) is 1. The van der Waals surface area contributed by atoms with Crippen molar-refractivity contribution in [2.24, 2.45) is 5.73 Å². The van der Waals surface area contributed by atoms with Crippen molar-refractivity contribution in [3.63, 3.8) is 0 Å². The molecule has 0 aromatic heterocycles. The van der Waals surface area contributed by atoms with Crippen molar-refractivity contribution in [1.29, 1.82) is 0 Å². The third kappa shape index (κ3) is 5.80. The van der Waals surface area contributed by atoms with Crippen molar-refractivity contribution in [3.8, 4) is 0 Å². The lowest BCUT2D eigenvalue weighted by molar-refractivity contribution is -0.625. The lowest BCUT2D eigenvalue weighted by atomic mass is 10.0. The molecule has 156 valence electrons. The maximum Gasteiger partial charge on any atom is 0.444 e. The lowest BCUT2D eigenvalue weighted by Gasteiger charge is -2.26. The molecular weight excluding hydrogens is 390 g/mol. The number of rotatable bonds is 9. The standard InChI is InChI=1S/C12H16N4O6.C4H3NO2/c13-9-5-4-8-12(11(17)18,15(19)20)14(16(21)22)10-6-2-1-3-7-10;6-3-1-2-4(7)5-3/h1-3,6-7H,4-5,8-9,13H2,(H,17,18);1-2H,(H,5,6,7)/t12-;/m1./s1. The number of carboxylic acid groups (broad SMARTS) is 1. The summed E-state index contributed by atoms with van der Waals surface area (Å²) in [7, 11) is 0.